The van der Waals surface area contributed by atoms with Gasteiger partial charge in [-0.15, -0.1) is 11.6 Å². The van der Waals surface area contributed by atoms with Crippen LogP contribution in [0.2, 0.25) is 0 Å². The number of rotatable bonds is 5. The van der Waals surface area contributed by atoms with E-state index in [1.54, 1.807) is 6.07 Å². The van der Waals surface area contributed by atoms with Gasteiger partial charge in [0.25, 0.3) is 0 Å². The number of ether oxygens (including phenoxy) is 1. The van der Waals surface area contributed by atoms with Gasteiger partial charge in [0, 0.05) is 11.9 Å². The second kappa shape index (κ2) is 5.96. The minimum absolute atomic E-state index is 0.298. The Morgan fingerprint density at radius 1 is 1.33 bits per heavy atom. The normalized spacial score (nSPS) is 10.7. The van der Waals surface area contributed by atoms with E-state index in [4.69, 9.17) is 16.3 Å². The van der Waals surface area contributed by atoms with Crippen LogP contribution in [-0.2, 0) is 5.88 Å². The second-order valence-corrected chi connectivity index (χ2v) is 4.23. The first kappa shape index (κ1) is 12.3. The van der Waals surface area contributed by atoms with E-state index in [0.717, 1.165) is 12.0 Å². The molecule has 0 unspecified atom stereocenters. The van der Waals surface area contributed by atoms with Crippen LogP contribution in [0.15, 0.2) is 18.2 Å². The Morgan fingerprint density at radius 2 is 2.07 bits per heavy atom. The predicted molar refractivity (Wildman–Crippen MR) is 60.9 cm³/mol. The highest BCUT2D eigenvalue weighted by Crippen LogP contribution is 2.18. The highest BCUT2D eigenvalue weighted by Gasteiger charge is 2.01. The van der Waals surface area contributed by atoms with Gasteiger partial charge in [0.1, 0.15) is 11.6 Å². The van der Waals surface area contributed by atoms with Crippen molar-refractivity contribution in [2.75, 3.05) is 6.61 Å². The molecule has 0 N–H and O–H groups in total. The van der Waals surface area contributed by atoms with E-state index in [1.807, 2.05) is 0 Å². The number of benzene rings is 1. The van der Waals surface area contributed by atoms with Crippen LogP contribution in [0.1, 0.15) is 25.8 Å². The summed E-state index contributed by atoms with van der Waals surface area (Å²) in [5, 5.41) is 0. The van der Waals surface area contributed by atoms with Crippen LogP contribution in [0, 0.1) is 11.7 Å². The number of alkyl halides is 1. The van der Waals surface area contributed by atoms with Gasteiger partial charge in [-0.25, -0.2) is 4.39 Å². The summed E-state index contributed by atoms with van der Waals surface area (Å²) in [4.78, 5) is 0. The summed E-state index contributed by atoms with van der Waals surface area (Å²) in [5.41, 5.74) is 0.746. The molecule has 0 heterocycles. The lowest BCUT2D eigenvalue weighted by Crippen LogP contribution is -2.01. The van der Waals surface area contributed by atoms with Gasteiger partial charge in [-0.1, -0.05) is 13.8 Å². The van der Waals surface area contributed by atoms with Gasteiger partial charge >= 0.3 is 0 Å². The third kappa shape index (κ3) is 4.52. The smallest absolute Gasteiger partial charge is 0.127 e. The molecule has 0 aliphatic carbocycles. The molecule has 0 saturated carbocycles. The molecule has 0 aliphatic heterocycles. The summed E-state index contributed by atoms with van der Waals surface area (Å²) < 4.78 is 18.5. The zero-order valence-electron chi connectivity index (χ0n) is 9.09. The summed E-state index contributed by atoms with van der Waals surface area (Å²) in [6.45, 7) is 4.86. The van der Waals surface area contributed by atoms with Crippen molar-refractivity contribution in [2.24, 2.45) is 5.92 Å². The van der Waals surface area contributed by atoms with Crippen LogP contribution in [0.25, 0.3) is 0 Å². The van der Waals surface area contributed by atoms with E-state index in [-0.39, 0.29) is 5.82 Å². The first-order valence-electron chi connectivity index (χ1n) is 5.10. The maximum Gasteiger partial charge on any atom is 0.127 e. The highest BCUT2D eigenvalue weighted by molar-refractivity contribution is 6.17. The third-order valence-electron chi connectivity index (χ3n) is 2.05. The quantitative estimate of drug-likeness (QED) is 0.695. The topological polar surface area (TPSA) is 9.23 Å². The van der Waals surface area contributed by atoms with Gasteiger partial charge < -0.3 is 4.74 Å². The maximum absolute atomic E-state index is 13.1. The average molecular weight is 231 g/mol. The molecule has 1 aromatic carbocycles. The molecule has 0 amide bonds. The van der Waals surface area contributed by atoms with E-state index >= 15 is 0 Å². The van der Waals surface area contributed by atoms with Gasteiger partial charge in [0.05, 0.1) is 6.61 Å². The fourth-order valence-electron chi connectivity index (χ4n) is 1.19. The van der Waals surface area contributed by atoms with E-state index in [2.05, 4.69) is 13.8 Å². The van der Waals surface area contributed by atoms with Crippen molar-refractivity contribution in [3.63, 3.8) is 0 Å². The van der Waals surface area contributed by atoms with Gasteiger partial charge in [-0.3, -0.25) is 0 Å². The predicted octanol–water partition coefficient (Wildman–Crippen LogP) is 3.99. The summed E-state index contributed by atoms with van der Waals surface area (Å²) in [6, 6.07) is 4.58. The van der Waals surface area contributed by atoms with Crippen LogP contribution in [0.4, 0.5) is 4.39 Å². The molecule has 84 valence electrons. The number of hydrogen-bond donors (Lipinski definition) is 0. The van der Waals surface area contributed by atoms with Crippen LogP contribution in [-0.4, -0.2) is 6.61 Å². The van der Waals surface area contributed by atoms with Crippen molar-refractivity contribution >= 4 is 11.6 Å². The fraction of sp³-hybridized carbons (Fsp3) is 0.500. The maximum atomic E-state index is 13.1. The molecule has 0 fully saturated rings. The molecule has 1 aromatic rings. The van der Waals surface area contributed by atoms with Crippen LogP contribution in [0.5, 0.6) is 5.75 Å². The lowest BCUT2D eigenvalue weighted by Gasteiger charge is -2.09. The Balaban J connectivity index is 2.56. The molecule has 0 aliphatic rings. The largest absolute Gasteiger partial charge is 0.493 e. The molecular weight excluding hydrogens is 215 g/mol. The lowest BCUT2D eigenvalue weighted by molar-refractivity contribution is 0.288. The van der Waals surface area contributed by atoms with E-state index < -0.39 is 0 Å². The first-order valence-corrected chi connectivity index (χ1v) is 5.63. The van der Waals surface area contributed by atoms with E-state index in [0.29, 0.717) is 24.2 Å². The molecule has 0 radical (unpaired) electrons. The average Bonchev–Trinajstić information content (AvgIpc) is 2.16. The highest BCUT2D eigenvalue weighted by atomic mass is 35.5. The minimum Gasteiger partial charge on any atom is -0.493 e. The molecular formula is C12H16ClFO. The van der Waals surface area contributed by atoms with E-state index in [1.165, 1.54) is 12.1 Å². The summed E-state index contributed by atoms with van der Waals surface area (Å²) in [5.74, 6) is 1.16. The SMILES string of the molecule is CC(C)CCOc1cc(F)cc(CCl)c1. The minimum atomic E-state index is -0.298. The summed E-state index contributed by atoms with van der Waals surface area (Å²) in [6.07, 6.45) is 0.965. The van der Waals surface area contributed by atoms with Crippen LogP contribution < -0.4 is 4.74 Å². The number of halogens is 2. The molecule has 0 bridgehead atoms. The molecule has 0 atom stereocenters. The second-order valence-electron chi connectivity index (χ2n) is 3.96. The van der Waals surface area contributed by atoms with Crippen molar-refractivity contribution in [3.8, 4) is 5.75 Å². The Hall–Kier alpha value is -0.760. The van der Waals surface area contributed by atoms with Crippen LogP contribution >= 0.6 is 11.6 Å². The standard InChI is InChI=1S/C12H16ClFO/c1-9(2)3-4-15-12-6-10(8-13)5-11(14)7-12/h5-7,9H,3-4,8H2,1-2H3. The van der Waals surface area contributed by atoms with Crippen molar-refractivity contribution < 1.29 is 9.13 Å². The van der Waals surface area contributed by atoms with Crippen molar-refractivity contribution in [1.82, 2.24) is 0 Å². The Kier molecular flexibility index (Phi) is 4.89. The Labute approximate surface area is 95.2 Å². The molecule has 1 rings (SSSR count). The first-order chi connectivity index (χ1) is 7.11. The zero-order valence-corrected chi connectivity index (χ0v) is 9.85. The van der Waals surface area contributed by atoms with Crippen molar-refractivity contribution in [1.29, 1.82) is 0 Å². The van der Waals surface area contributed by atoms with Crippen molar-refractivity contribution in [3.05, 3.63) is 29.6 Å². The fourth-order valence-corrected chi connectivity index (χ4v) is 1.35. The Morgan fingerprint density at radius 3 is 2.67 bits per heavy atom. The van der Waals surface area contributed by atoms with Crippen LogP contribution in [0.3, 0.4) is 0 Å². The molecule has 0 aromatic heterocycles. The molecule has 0 saturated heterocycles. The Bertz CT molecular complexity index is 312. The zero-order chi connectivity index (χ0) is 11.3. The lowest BCUT2D eigenvalue weighted by atomic mass is 10.1. The van der Waals surface area contributed by atoms with Crippen molar-refractivity contribution in [2.45, 2.75) is 26.1 Å². The monoisotopic (exact) mass is 230 g/mol. The number of hydrogen-bond acceptors (Lipinski definition) is 1. The summed E-state index contributed by atoms with van der Waals surface area (Å²) in [7, 11) is 0. The molecule has 3 heteroatoms. The van der Waals surface area contributed by atoms with Gasteiger partial charge in [-0.2, -0.15) is 0 Å². The van der Waals surface area contributed by atoms with Gasteiger partial charge in [0.2, 0.25) is 0 Å². The van der Waals surface area contributed by atoms with Gasteiger partial charge in [0.15, 0.2) is 0 Å². The summed E-state index contributed by atoms with van der Waals surface area (Å²) >= 11 is 5.63. The molecule has 0 spiro atoms. The van der Waals surface area contributed by atoms with E-state index in [9.17, 15) is 4.39 Å². The molecule has 1 nitrogen and oxygen atoms in total. The molecule has 15 heavy (non-hydrogen) atoms. The third-order valence-corrected chi connectivity index (χ3v) is 2.36. The van der Waals surface area contributed by atoms with Gasteiger partial charge in [-0.05, 0) is 30.0 Å².